The summed E-state index contributed by atoms with van der Waals surface area (Å²) in [6.45, 7) is 2.38. The van der Waals surface area contributed by atoms with Gasteiger partial charge in [0.1, 0.15) is 11.6 Å². The monoisotopic (exact) mass is 513 g/mol. The number of fused-ring (bicyclic) bond motifs is 3. The van der Waals surface area contributed by atoms with Gasteiger partial charge in [0.2, 0.25) is 11.4 Å². The fourth-order valence-electron chi connectivity index (χ4n) is 5.02. The van der Waals surface area contributed by atoms with Crippen LogP contribution in [0.3, 0.4) is 0 Å². The SMILES string of the molecule is CCn1nnc(C2(c3n[nH]c(=O)o3)NC(c3ncc(-c4ccc(F)cn4)[nH]3)Cc3c2[nH]c2ccccc32)n1. The number of imidazole rings is 1. The first kappa shape index (κ1) is 22.2. The number of pyridine rings is 1. The molecule has 7 rings (SSSR count). The van der Waals surface area contributed by atoms with Gasteiger partial charge in [0.25, 0.3) is 5.89 Å². The molecule has 1 aliphatic rings. The Bertz CT molecular complexity index is 1830. The van der Waals surface area contributed by atoms with Crippen LogP contribution in [0.1, 0.15) is 41.8 Å². The lowest BCUT2D eigenvalue weighted by atomic mass is 9.82. The molecule has 0 spiro atoms. The van der Waals surface area contributed by atoms with Crippen LogP contribution in [0.25, 0.3) is 22.3 Å². The number of H-pyrrole nitrogens is 3. The molecule has 5 aromatic heterocycles. The van der Waals surface area contributed by atoms with Gasteiger partial charge in [0.05, 0.1) is 42.1 Å². The van der Waals surface area contributed by atoms with E-state index in [0.29, 0.717) is 35.9 Å². The molecule has 0 saturated heterocycles. The van der Waals surface area contributed by atoms with Crippen molar-refractivity contribution in [2.45, 2.75) is 31.5 Å². The lowest BCUT2D eigenvalue weighted by Crippen LogP contribution is -2.52. The molecule has 0 saturated carbocycles. The van der Waals surface area contributed by atoms with Crippen molar-refractivity contribution in [3.8, 4) is 11.4 Å². The van der Waals surface area contributed by atoms with Gasteiger partial charge in [-0.2, -0.15) is 4.80 Å². The highest BCUT2D eigenvalue weighted by Crippen LogP contribution is 2.44. The highest BCUT2D eigenvalue weighted by molar-refractivity contribution is 5.86. The van der Waals surface area contributed by atoms with Gasteiger partial charge in [0.15, 0.2) is 0 Å². The number of rotatable bonds is 5. The van der Waals surface area contributed by atoms with Crippen LogP contribution in [0.4, 0.5) is 4.39 Å². The molecule has 1 aromatic carbocycles. The Morgan fingerprint density at radius 1 is 1.16 bits per heavy atom. The summed E-state index contributed by atoms with van der Waals surface area (Å²) in [4.78, 5) is 29.1. The van der Waals surface area contributed by atoms with Gasteiger partial charge >= 0.3 is 5.76 Å². The first-order valence-electron chi connectivity index (χ1n) is 11.9. The topological polar surface area (TPSA) is 172 Å². The Balaban J connectivity index is 1.44. The van der Waals surface area contributed by atoms with Crippen molar-refractivity contribution in [1.29, 1.82) is 0 Å². The summed E-state index contributed by atoms with van der Waals surface area (Å²) in [6, 6.07) is 10.4. The van der Waals surface area contributed by atoms with Crippen LogP contribution < -0.4 is 11.1 Å². The number of tetrazole rings is 1. The zero-order valence-corrected chi connectivity index (χ0v) is 19.9. The average Bonchev–Trinajstić information content (AvgIpc) is 3.74. The van der Waals surface area contributed by atoms with Crippen LogP contribution in [0, 0.1) is 5.82 Å². The second kappa shape index (κ2) is 8.27. The summed E-state index contributed by atoms with van der Waals surface area (Å²) in [7, 11) is 0. The molecule has 190 valence electrons. The van der Waals surface area contributed by atoms with Gasteiger partial charge in [-0.25, -0.2) is 19.3 Å². The molecule has 14 heteroatoms. The predicted octanol–water partition coefficient (Wildman–Crippen LogP) is 1.95. The van der Waals surface area contributed by atoms with E-state index in [9.17, 15) is 9.18 Å². The van der Waals surface area contributed by atoms with Crippen LogP contribution in [0.2, 0.25) is 0 Å². The molecule has 1 aliphatic heterocycles. The molecule has 0 bridgehead atoms. The minimum Gasteiger partial charge on any atom is -0.389 e. The van der Waals surface area contributed by atoms with Crippen molar-refractivity contribution in [2.24, 2.45) is 0 Å². The molecule has 0 aliphatic carbocycles. The van der Waals surface area contributed by atoms with Gasteiger partial charge in [0, 0.05) is 10.9 Å². The third-order valence-corrected chi connectivity index (χ3v) is 6.75. The van der Waals surface area contributed by atoms with Crippen LogP contribution in [-0.4, -0.2) is 50.3 Å². The normalized spacial score (nSPS) is 19.2. The molecule has 0 amide bonds. The van der Waals surface area contributed by atoms with E-state index in [2.05, 4.69) is 50.9 Å². The second-order valence-corrected chi connectivity index (χ2v) is 8.94. The lowest BCUT2D eigenvalue weighted by Gasteiger charge is -2.37. The zero-order chi connectivity index (χ0) is 25.9. The van der Waals surface area contributed by atoms with E-state index in [-0.39, 0.29) is 11.7 Å². The summed E-state index contributed by atoms with van der Waals surface area (Å²) in [5.74, 6) is -0.271. The van der Waals surface area contributed by atoms with E-state index in [1.54, 1.807) is 12.3 Å². The molecule has 6 heterocycles. The minimum atomic E-state index is -1.40. The molecule has 38 heavy (non-hydrogen) atoms. The fraction of sp³-hybridized carbons (Fsp3) is 0.208. The number of aryl methyl sites for hydroxylation is 1. The molecule has 6 aromatic rings. The highest BCUT2D eigenvalue weighted by atomic mass is 19.1. The summed E-state index contributed by atoms with van der Waals surface area (Å²) < 4.78 is 19.0. The van der Waals surface area contributed by atoms with E-state index >= 15 is 0 Å². The number of nitrogens with one attached hydrogen (secondary N) is 4. The Morgan fingerprint density at radius 2 is 2.05 bits per heavy atom. The lowest BCUT2D eigenvalue weighted by molar-refractivity contribution is 0.273. The smallest absolute Gasteiger partial charge is 0.389 e. The number of benzene rings is 1. The van der Waals surface area contributed by atoms with Gasteiger partial charge in [-0.15, -0.1) is 15.3 Å². The van der Waals surface area contributed by atoms with Gasteiger partial charge in [-0.05, 0) is 42.3 Å². The Kier molecular flexibility index (Phi) is 4.84. The number of halogens is 1. The number of nitrogens with zero attached hydrogens (tertiary/aromatic N) is 7. The maximum atomic E-state index is 13.4. The van der Waals surface area contributed by atoms with Crippen molar-refractivity contribution in [3.63, 3.8) is 0 Å². The van der Waals surface area contributed by atoms with Gasteiger partial charge < -0.3 is 14.4 Å². The fourth-order valence-corrected chi connectivity index (χ4v) is 5.02. The van der Waals surface area contributed by atoms with E-state index in [4.69, 9.17) is 4.42 Å². The van der Waals surface area contributed by atoms with Crippen molar-refractivity contribution < 1.29 is 8.81 Å². The van der Waals surface area contributed by atoms with Gasteiger partial charge in [-0.1, -0.05) is 18.2 Å². The van der Waals surface area contributed by atoms with Crippen molar-refractivity contribution in [3.05, 3.63) is 94.0 Å². The van der Waals surface area contributed by atoms with Gasteiger partial charge in [-0.3, -0.25) is 10.3 Å². The molecule has 0 fully saturated rings. The quantitative estimate of drug-likeness (QED) is 0.269. The number of hydrogen-bond acceptors (Lipinski definition) is 9. The van der Waals surface area contributed by atoms with E-state index in [1.807, 2.05) is 31.2 Å². The summed E-state index contributed by atoms with van der Waals surface area (Å²) >= 11 is 0. The Labute approximate surface area is 212 Å². The molecular formula is C24H20FN11O2. The largest absolute Gasteiger partial charge is 0.434 e. The maximum absolute atomic E-state index is 13.4. The summed E-state index contributed by atoms with van der Waals surface area (Å²) in [5.41, 5.74) is 2.31. The number of aromatic amines is 3. The highest BCUT2D eigenvalue weighted by Gasteiger charge is 2.53. The van der Waals surface area contributed by atoms with E-state index in [0.717, 1.165) is 22.7 Å². The zero-order valence-electron chi connectivity index (χ0n) is 19.9. The van der Waals surface area contributed by atoms with Crippen LogP contribution in [0.15, 0.2) is 58.0 Å². The number of aromatic nitrogens is 10. The van der Waals surface area contributed by atoms with Crippen molar-refractivity contribution in [2.75, 3.05) is 0 Å². The first-order valence-corrected chi connectivity index (χ1v) is 11.9. The average molecular weight is 513 g/mol. The molecule has 4 N–H and O–H groups in total. The summed E-state index contributed by atoms with van der Waals surface area (Å²) in [6.07, 6.45) is 3.33. The van der Waals surface area contributed by atoms with E-state index in [1.165, 1.54) is 10.9 Å². The number of para-hydroxylation sites is 1. The number of hydrogen-bond donors (Lipinski definition) is 4. The van der Waals surface area contributed by atoms with Crippen molar-refractivity contribution in [1.82, 2.24) is 55.7 Å². The first-order chi connectivity index (χ1) is 18.5. The summed E-state index contributed by atoms with van der Waals surface area (Å²) in [5, 5.41) is 24.2. The van der Waals surface area contributed by atoms with E-state index < -0.39 is 23.2 Å². The Morgan fingerprint density at radius 3 is 2.82 bits per heavy atom. The van der Waals surface area contributed by atoms with Crippen LogP contribution >= 0.6 is 0 Å². The third kappa shape index (κ3) is 3.30. The van der Waals surface area contributed by atoms with Crippen LogP contribution in [0.5, 0.6) is 0 Å². The minimum absolute atomic E-state index is 0.0302. The predicted molar refractivity (Wildman–Crippen MR) is 130 cm³/mol. The molecular weight excluding hydrogens is 493 g/mol. The molecule has 2 atom stereocenters. The van der Waals surface area contributed by atoms with Crippen molar-refractivity contribution >= 4 is 10.9 Å². The molecule has 13 nitrogen and oxygen atoms in total. The second-order valence-electron chi connectivity index (χ2n) is 8.94. The standard InChI is InChI=1S/C24H20FN11O2/c1-2-36-34-21(31-35-36)24(22-32-33-23(37)38-22)19-14(13-5-3-4-6-15(13)28-19)9-17(30-24)20-27-11-18(29-20)16-8-7-12(25)10-26-16/h3-8,10-11,17,28,30H,2,9H2,1H3,(H,27,29)(H,33,37). The van der Waals surface area contributed by atoms with Crippen LogP contribution in [-0.2, 0) is 18.5 Å². The Hall–Kier alpha value is -4.98. The molecule has 0 radical (unpaired) electrons. The molecule has 2 unspecified atom stereocenters. The third-order valence-electron chi connectivity index (χ3n) is 6.75. The maximum Gasteiger partial charge on any atom is 0.434 e.